The second-order valence-electron chi connectivity index (χ2n) is 2.58. The summed E-state index contributed by atoms with van der Waals surface area (Å²) in [6.07, 6.45) is 0. The van der Waals surface area contributed by atoms with Crippen LogP contribution >= 0.6 is 0 Å². The van der Waals surface area contributed by atoms with Crippen LogP contribution in [0.3, 0.4) is 0 Å². The van der Waals surface area contributed by atoms with Gasteiger partial charge in [0.05, 0.1) is 6.61 Å². The van der Waals surface area contributed by atoms with Gasteiger partial charge in [-0.25, -0.2) is 0 Å². The molecule has 0 heterocycles. The monoisotopic (exact) mass is 149 g/mol. The van der Waals surface area contributed by atoms with Gasteiger partial charge in [-0.05, 0) is 5.56 Å². The molecule has 11 heavy (non-hydrogen) atoms. The van der Waals surface area contributed by atoms with Crippen LogP contribution in [0.1, 0.15) is 12.5 Å². The highest BCUT2D eigenvalue weighted by Crippen LogP contribution is 2.12. The molecule has 59 valence electrons. The van der Waals surface area contributed by atoms with E-state index in [0.29, 0.717) is 6.61 Å². The maximum absolute atomic E-state index is 5.02. The van der Waals surface area contributed by atoms with Crippen molar-refractivity contribution in [1.82, 2.24) is 0 Å². The van der Waals surface area contributed by atoms with E-state index in [1.165, 1.54) is 11.5 Å². The van der Waals surface area contributed by atoms with Gasteiger partial charge in [-0.1, -0.05) is 37.3 Å². The lowest BCUT2D eigenvalue weighted by Gasteiger charge is -2.08. The molecular weight excluding hydrogens is 136 g/mol. The number of methoxy groups -OCH3 is 1. The summed E-state index contributed by atoms with van der Waals surface area (Å²) in [4.78, 5) is 0. The van der Waals surface area contributed by atoms with Crippen molar-refractivity contribution < 1.29 is 4.74 Å². The molecular formula is C10H13O. The van der Waals surface area contributed by atoms with E-state index in [1.807, 2.05) is 18.2 Å². The first-order valence-corrected chi connectivity index (χ1v) is 3.71. The number of rotatable bonds is 3. The SMILES string of the molecule is COC[C](C)c1ccccc1. The summed E-state index contributed by atoms with van der Waals surface area (Å²) in [5.74, 6) is 1.27. The first-order chi connectivity index (χ1) is 5.34. The van der Waals surface area contributed by atoms with Crippen molar-refractivity contribution in [3.63, 3.8) is 0 Å². The fourth-order valence-corrected chi connectivity index (χ4v) is 1.02. The number of hydrogen-bond acceptors (Lipinski definition) is 1. The smallest absolute Gasteiger partial charge is 0.0565 e. The van der Waals surface area contributed by atoms with Crippen LogP contribution in [0.2, 0.25) is 0 Å². The molecule has 0 saturated heterocycles. The van der Waals surface area contributed by atoms with E-state index < -0.39 is 0 Å². The Morgan fingerprint density at radius 2 is 1.91 bits per heavy atom. The first kappa shape index (κ1) is 8.28. The Bertz CT molecular complexity index is 193. The van der Waals surface area contributed by atoms with E-state index in [2.05, 4.69) is 19.1 Å². The van der Waals surface area contributed by atoms with E-state index in [-0.39, 0.29) is 0 Å². The standard InChI is InChI=1S/C10H13O/c1-9(8-11-2)10-6-4-3-5-7-10/h3-7H,8H2,1-2H3. The van der Waals surface area contributed by atoms with Crippen molar-refractivity contribution in [2.75, 3.05) is 13.7 Å². The minimum absolute atomic E-state index is 0.712. The van der Waals surface area contributed by atoms with Crippen molar-refractivity contribution in [3.05, 3.63) is 41.8 Å². The summed E-state index contributed by atoms with van der Waals surface area (Å²) in [5.41, 5.74) is 1.26. The van der Waals surface area contributed by atoms with Crippen molar-refractivity contribution in [3.8, 4) is 0 Å². The van der Waals surface area contributed by atoms with E-state index in [1.54, 1.807) is 7.11 Å². The highest BCUT2D eigenvalue weighted by molar-refractivity contribution is 5.28. The normalized spacial score (nSPS) is 10.5. The Kier molecular flexibility index (Phi) is 3.12. The minimum Gasteiger partial charge on any atom is -0.384 e. The Morgan fingerprint density at radius 1 is 1.27 bits per heavy atom. The van der Waals surface area contributed by atoms with Crippen LogP contribution in [-0.4, -0.2) is 13.7 Å². The zero-order valence-corrected chi connectivity index (χ0v) is 7.00. The third kappa shape index (κ3) is 2.35. The van der Waals surface area contributed by atoms with Gasteiger partial charge in [0.2, 0.25) is 0 Å². The molecule has 0 bridgehead atoms. The van der Waals surface area contributed by atoms with Gasteiger partial charge in [0.1, 0.15) is 0 Å². The van der Waals surface area contributed by atoms with Crippen molar-refractivity contribution in [2.45, 2.75) is 6.92 Å². The molecule has 0 unspecified atom stereocenters. The zero-order chi connectivity index (χ0) is 8.10. The molecule has 0 fully saturated rings. The molecule has 0 aromatic heterocycles. The van der Waals surface area contributed by atoms with Gasteiger partial charge in [-0.3, -0.25) is 0 Å². The third-order valence-corrected chi connectivity index (χ3v) is 1.63. The highest BCUT2D eigenvalue weighted by atomic mass is 16.5. The third-order valence-electron chi connectivity index (χ3n) is 1.63. The minimum atomic E-state index is 0.712. The molecule has 0 aliphatic carbocycles. The van der Waals surface area contributed by atoms with Gasteiger partial charge in [0.25, 0.3) is 0 Å². The lowest BCUT2D eigenvalue weighted by atomic mass is 10.0. The van der Waals surface area contributed by atoms with Gasteiger partial charge < -0.3 is 4.74 Å². The molecule has 1 aromatic rings. The van der Waals surface area contributed by atoms with Crippen molar-refractivity contribution >= 4 is 0 Å². The number of ether oxygens (including phenoxy) is 1. The number of benzene rings is 1. The summed E-state index contributed by atoms with van der Waals surface area (Å²) in [6.45, 7) is 2.79. The lowest BCUT2D eigenvalue weighted by Crippen LogP contribution is -2.01. The average molecular weight is 149 g/mol. The predicted molar refractivity (Wildman–Crippen MR) is 46.3 cm³/mol. The van der Waals surface area contributed by atoms with Gasteiger partial charge in [0, 0.05) is 13.0 Å². The van der Waals surface area contributed by atoms with E-state index in [9.17, 15) is 0 Å². The van der Waals surface area contributed by atoms with Crippen LogP contribution in [0.5, 0.6) is 0 Å². The summed E-state index contributed by atoms with van der Waals surface area (Å²) in [5, 5.41) is 0. The Hall–Kier alpha value is -0.820. The van der Waals surface area contributed by atoms with Crippen LogP contribution < -0.4 is 0 Å². The molecule has 0 atom stereocenters. The maximum Gasteiger partial charge on any atom is 0.0565 e. The molecule has 0 aliphatic heterocycles. The molecule has 0 aliphatic rings. The first-order valence-electron chi connectivity index (χ1n) is 3.71. The fourth-order valence-electron chi connectivity index (χ4n) is 1.02. The van der Waals surface area contributed by atoms with Crippen LogP contribution in [-0.2, 0) is 4.74 Å². The maximum atomic E-state index is 5.02. The summed E-state index contributed by atoms with van der Waals surface area (Å²) in [6, 6.07) is 10.3. The topological polar surface area (TPSA) is 9.23 Å². The molecule has 0 spiro atoms. The van der Waals surface area contributed by atoms with Gasteiger partial charge >= 0.3 is 0 Å². The van der Waals surface area contributed by atoms with Crippen LogP contribution in [0.15, 0.2) is 30.3 Å². The van der Waals surface area contributed by atoms with Crippen LogP contribution in [0.25, 0.3) is 0 Å². The fraction of sp³-hybridized carbons (Fsp3) is 0.300. The van der Waals surface area contributed by atoms with Crippen LogP contribution in [0, 0.1) is 5.92 Å². The van der Waals surface area contributed by atoms with Gasteiger partial charge in [-0.2, -0.15) is 0 Å². The lowest BCUT2D eigenvalue weighted by molar-refractivity contribution is 0.214. The van der Waals surface area contributed by atoms with Gasteiger partial charge in [-0.15, -0.1) is 0 Å². The van der Waals surface area contributed by atoms with Crippen LogP contribution in [0.4, 0.5) is 0 Å². The molecule has 0 saturated carbocycles. The Labute approximate surface area is 68.0 Å². The van der Waals surface area contributed by atoms with E-state index in [0.717, 1.165) is 0 Å². The predicted octanol–water partition coefficient (Wildman–Crippen LogP) is 2.28. The number of hydrogen-bond donors (Lipinski definition) is 0. The van der Waals surface area contributed by atoms with Crippen molar-refractivity contribution in [2.24, 2.45) is 0 Å². The molecule has 1 heteroatoms. The molecule has 0 amide bonds. The second kappa shape index (κ2) is 4.14. The highest BCUT2D eigenvalue weighted by Gasteiger charge is 2.02. The summed E-state index contributed by atoms with van der Waals surface area (Å²) < 4.78 is 5.02. The van der Waals surface area contributed by atoms with E-state index >= 15 is 0 Å². The average Bonchev–Trinajstić information content (AvgIpc) is 2.07. The largest absolute Gasteiger partial charge is 0.384 e. The molecule has 1 aromatic carbocycles. The Balaban J connectivity index is 2.61. The van der Waals surface area contributed by atoms with Gasteiger partial charge in [0.15, 0.2) is 0 Å². The molecule has 1 rings (SSSR count). The quantitative estimate of drug-likeness (QED) is 0.640. The molecule has 1 radical (unpaired) electrons. The van der Waals surface area contributed by atoms with Crippen molar-refractivity contribution in [1.29, 1.82) is 0 Å². The second-order valence-corrected chi connectivity index (χ2v) is 2.58. The summed E-state index contributed by atoms with van der Waals surface area (Å²) >= 11 is 0. The zero-order valence-electron chi connectivity index (χ0n) is 7.00. The Morgan fingerprint density at radius 3 is 2.45 bits per heavy atom. The molecule has 0 N–H and O–H groups in total. The molecule has 1 nitrogen and oxygen atoms in total. The van der Waals surface area contributed by atoms with E-state index in [4.69, 9.17) is 4.74 Å². The summed E-state index contributed by atoms with van der Waals surface area (Å²) in [7, 11) is 1.71.